The zero-order valence-electron chi connectivity index (χ0n) is 17.5. The predicted octanol–water partition coefficient (Wildman–Crippen LogP) is 7.65. The van der Waals surface area contributed by atoms with E-state index >= 15 is 0 Å². The molecule has 0 heterocycles. The molecule has 2 aromatic rings. The number of para-hydroxylation sites is 1. The molecule has 0 spiro atoms. The number of carboxylic acid groups (broad SMARTS) is 1. The lowest BCUT2D eigenvalue weighted by Crippen LogP contribution is -2.47. The second kappa shape index (κ2) is 9.45. The van der Waals surface area contributed by atoms with Crippen molar-refractivity contribution < 1.29 is 14.6 Å². The molecule has 3 unspecified atom stereocenters. The van der Waals surface area contributed by atoms with E-state index in [9.17, 15) is 9.90 Å². The maximum atomic E-state index is 12.9. The van der Waals surface area contributed by atoms with Gasteiger partial charge in [0.05, 0.1) is 5.41 Å². The van der Waals surface area contributed by atoms with E-state index in [0.29, 0.717) is 11.7 Å². The molecule has 1 aliphatic carbocycles. The summed E-state index contributed by atoms with van der Waals surface area (Å²) in [7, 11) is 0. The lowest BCUT2D eigenvalue weighted by molar-refractivity contribution is -0.157. The molecule has 0 aliphatic heterocycles. The van der Waals surface area contributed by atoms with Gasteiger partial charge >= 0.3 is 5.97 Å². The van der Waals surface area contributed by atoms with Crippen molar-refractivity contribution in [1.82, 2.24) is 0 Å². The van der Waals surface area contributed by atoms with Crippen LogP contribution < -0.4 is 4.74 Å². The molecule has 160 valence electrons. The Labute approximate surface area is 188 Å². The van der Waals surface area contributed by atoms with Gasteiger partial charge in [-0.3, -0.25) is 4.79 Å². The molecule has 3 nitrogen and oxygen atoms in total. The maximum absolute atomic E-state index is 12.9. The Morgan fingerprint density at radius 3 is 2.23 bits per heavy atom. The molecule has 1 aliphatic rings. The number of aliphatic carboxylic acids is 1. The molecule has 2 aromatic carbocycles. The van der Waals surface area contributed by atoms with Gasteiger partial charge in [0.25, 0.3) is 0 Å². The van der Waals surface area contributed by atoms with Crippen LogP contribution in [0.1, 0.15) is 45.1 Å². The Morgan fingerprint density at radius 2 is 1.70 bits per heavy atom. The molecule has 3 rings (SSSR count). The van der Waals surface area contributed by atoms with Crippen LogP contribution in [0.2, 0.25) is 0 Å². The molecule has 0 bridgehead atoms. The van der Waals surface area contributed by atoms with Gasteiger partial charge < -0.3 is 9.84 Å². The fourth-order valence-corrected chi connectivity index (χ4v) is 5.21. The highest BCUT2D eigenvalue weighted by atomic mass is 35.5. The van der Waals surface area contributed by atoms with Crippen LogP contribution in [0.15, 0.2) is 65.2 Å². The van der Waals surface area contributed by atoms with Gasteiger partial charge in [-0.05, 0) is 60.4 Å². The number of benzene rings is 2. The largest absolute Gasteiger partial charge is 0.481 e. The van der Waals surface area contributed by atoms with E-state index in [-0.39, 0.29) is 22.2 Å². The quantitative estimate of drug-likeness (QED) is 0.429. The first-order chi connectivity index (χ1) is 14.3. The van der Waals surface area contributed by atoms with Gasteiger partial charge in [-0.1, -0.05) is 80.4 Å². The van der Waals surface area contributed by atoms with Crippen molar-refractivity contribution in [3.8, 4) is 11.5 Å². The first-order valence-electron chi connectivity index (χ1n) is 10.4. The van der Waals surface area contributed by atoms with Crippen LogP contribution >= 0.6 is 23.2 Å². The predicted molar refractivity (Wildman–Crippen MR) is 122 cm³/mol. The number of rotatable bonds is 9. The van der Waals surface area contributed by atoms with Gasteiger partial charge in [-0.2, -0.15) is 0 Å². The minimum Gasteiger partial charge on any atom is -0.481 e. The van der Waals surface area contributed by atoms with E-state index in [0.717, 1.165) is 24.2 Å². The molecule has 3 atom stereocenters. The molecule has 1 saturated carbocycles. The number of hydrogen-bond donors (Lipinski definition) is 1. The summed E-state index contributed by atoms with van der Waals surface area (Å²) in [5, 5.41) is 10.5. The van der Waals surface area contributed by atoms with E-state index in [1.54, 1.807) is 6.08 Å². The average Bonchev–Trinajstić information content (AvgIpc) is 3.50. The summed E-state index contributed by atoms with van der Waals surface area (Å²) >= 11 is 11.9. The summed E-state index contributed by atoms with van der Waals surface area (Å²) in [6, 6.07) is 17.4. The van der Waals surface area contributed by atoms with Crippen molar-refractivity contribution in [3.63, 3.8) is 0 Å². The molecule has 0 radical (unpaired) electrons. The van der Waals surface area contributed by atoms with Crippen LogP contribution in [-0.2, 0) is 4.79 Å². The van der Waals surface area contributed by atoms with Crippen LogP contribution in [0.5, 0.6) is 11.5 Å². The number of halogens is 2. The van der Waals surface area contributed by atoms with Crippen LogP contribution in [0.4, 0.5) is 0 Å². The lowest BCUT2D eigenvalue weighted by atomic mass is 9.57. The summed E-state index contributed by atoms with van der Waals surface area (Å²) in [5.41, 5.74) is -0.0605. The third kappa shape index (κ3) is 4.68. The summed E-state index contributed by atoms with van der Waals surface area (Å²) < 4.78 is 6.13. The SMILES string of the molecule is CC(C)C(C(=O)O)(C(C)C=C(Cl)Cl)C(c1cccc(Oc2ccccc2)c1)C1CC1. The molecule has 1 N–H and O–H groups in total. The van der Waals surface area contributed by atoms with Crippen LogP contribution in [0.3, 0.4) is 0 Å². The van der Waals surface area contributed by atoms with Crippen molar-refractivity contribution in [2.75, 3.05) is 0 Å². The van der Waals surface area contributed by atoms with Crippen molar-refractivity contribution in [1.29, 1.82) is 0 Å². The molecular formula is C25H28Cl2O3. The Kier molecular flexibility index (Phi) is 7.15. The topological polar surface area (TPSA) is 46.5 Å². The van der Waals surface area contributed by atoms with E-state index in [4.69, 9.17) is 27.9 Å². The summed E-state index contributed by atoms with van der Waals surface area (Å²) in [6.45, 7) is 5.85. The number of carbonyl (C=O) groups is 1. The van der Waals surface area contributed by atoms with Gasteiger partial charge in [0.1, 0.15) is 16.0 Å². The zero-order chi connectivity index (χ0) is 21.9. The minimum absolute atomic E-state index is 0.101. The smallest absolute Gasteiger partial charge is 0.311 e. The van der Waals surface area contributed by atoms with Crippen LogP contribution in [0, 0.1) is 23.2 Å². The average molecular weight is 447 g/mol. The fourth-order valence-electron chi connectivity index (χ4n) is 4.83. The number of ether oxygens (including phenoxy) is 1. The standard InChI is InChI=1S/C25H28Cl2O3/c1-16(2)25(24(28)29,17(3)14-22(26)27)23(18-12-13-18)19-8-7-11-21(15-19)30-20-9-5-4-6-10-20/h4-11,14-18,23H,12-13H2,1-3H3,(H,28,29). The van der Waals surface area contributed by atoms with Crippen molar-refractivity contribution in [2.45, 2.75) is 39.5 Å². The second-order valence-corrected chi connectivity index (χ2v) is 9.45. The van der Waals surface area contributed by atoms with Gasteiger partial charge in [0, 0.05) is 5.92 Å². The highest BCUT2D eigenvalue weighted by Gasteiger charge is 2.56. The summed E-state index contributed by atoms with van der Waals surface area (Å²) in [5.74, 6) is 0.292. The number of hydrogen-bond acceptors (Lipinski definition) is 2. The number of allylic oxidation sites excluding steroid dienone is 1. The van der Waals surface area contributed by atoms with Crippen LogP contribution in [-0.4, -0.2) is 11.1 Å². The molecule has 0 aromatic heterocycles. The maximum Gasteiger partial charge on any atom is 0.311 e. The van der Waals surface area contributed by atoms with Crippen molar-refractivity contribution >= 4 is 29.2 Å². The van der Waals surface area contributed by atoms with E-state index in [2.05, 4.69) is 0 Å². The first-order valence-corrected chi connectivity index (χ1v) is 11.1. The molecule has 0 saturated heterocycles. The van der Waals surface area contributed by atoms with Gasteiger partial charge in [-0.25, -0.2) is 0 Å². The molecule has 0 amide bonds. The van der Waals surface area contributed by atoms with E-state index < -0.39 is 11.4 Å². The first kappa shape index (κ1) is 22.7. The Hall–Kier alpha value is -1.97. The molecular weight excluding hydrogens is 419 g/mol. The monoisotopic (exact) mass is 446 g/mol. The summed E-state index contributed by atoms with van der Waals surface area (Å²) in [6.07, 6.45) is 3.69. The van der Waals surface area contributed by atoms with E-state index in [1.165, 1.54) is 0 Å². The Balaban J connectivity index is 2.08. The Morgan fingerprint density at radius 1 is 1.07 bits per heavy atom. The third-order valence-corrected chi connectivity index (χ3v) is 6.51. The van der Waals surface area contributed by atoms with Gasteiger partial charge in [-0.15, -0.1) is 0 Å². The second-order valence-electron chi connectivity index (χ2n) is 8.44. The highest BCUT2D eigenvalue weighted by Crippen LogP contribution is 2.59. The molecule has 1 fully saturated rings. The van der Waals surface area contributed by atoms with Crippen molar-refractivity contribution in [2.24, 2.45) is 23.2 Å². The zero-order valence-corrected chi connectivity index (χ0v) is 19.0. The van der Waals surface area contributed by atoms with E-state index in [1.807, 2.05) is 75.4 Å². The van der Waals surface area contributed by atoms with Gasteiger partial charge in [0.15, 0.2) is 0 Å². The highest BCUT2D eigenvalue weighted by molar-refractivity contribution is 6.55. The lowest BCUT2D eigenvalue weighted by Gasteiger charge is -2.44. The van der Waals surface area contributed by atoms with Crippen molar-refractivity contribution in [3.05, 3.63) is 70.7 Å². The Bertz CT molecular complexity index is 902. The number of carboxylic acids is 1. The third-order valence-electron chi connectivity index (χ3n) is 6.26. The summed E-state index contributed by atoms with van der Waals surface area (Å²) in [4.78, 5) is 12.9. The molecule has 5 heteroatoms. The normalized spacial score (nSPS) is 17.7. The fraction of sp³-hybridized carbons (Fsp3) is 0.400. The molecule has 30 heavy (non-hydrogen) atoms. The van der Waals surface area contributed by atoms with Crippen LogP contribution in [0.25, 0.3) is 0 Å². The minimum atomic E-state index is -1.04. The van der Waals surface area contributed by atoms with Gasteiger partial charge in [0.2, 0.25) is 0 Å².